The molecule has 0 aromatic heterocycles. The Bertz CT molecular complexity index is 108. The van der Waals surface area contributed by atoms with E-state index in [1.807, 2.05) is 0 Å². The summed E-state index contributed by atoms with van der Waals surface area (Å²) in [6.07, 6.45) is 2.35. The number of nitrogens with zero attached hydrogens (tertiary/aromatic N) is 1. The fourth-order valence-electron chi connectivity index (χ4n) is 1.60. The zero-order valence-electron chi connectivity index (χ0n) is 6.45. The molecular formula is C7H16N2O. The highest BCUT2D eigenvalue weighted by Crippen LogP contribution is 2.16. The van der Waals surface area contributed by atoms with Gasteiger partial charge >= 0.3 is 0 Å². The predicted molar refractivity (Wildman–Crippen MR) is 40.7 cm³/mol. The molecule has 0 aromatic rings. The Morgan fingerprint density at radius 2 is 2.50 bits per heavy atom. The molecule has 0 aromatic carbocycles. The second kappa shape index (κ2) is 3.32. The lowest BCUT2D eigenvalue weighted by molar-refractivity contribution is 0.191. The SMILES string of the molecule is CN1CCC[C@H]1[C@H](N)CO. The molecule has 2 atom stereocenters. The number of hydrogen-bond acceptors (Lipinski definition) is 3. The lowest BCUT2D eigenvalue weighted by Crippen LogP contribution is -2.44. The van der Waals surface area contributed by atoms with Crippen LogP contribution in [-0.2, 0) is 0 Å². The number of aliphatic hydroxyl groups is 1. The molecule has 60 valence electrons. The number of likely N-dealkylation sites (tertiary alicyclic amines) is 1. The number of aliphatic hydroxyl groups excluding tert-OH is 1. The lowest BCUT2D eigenvalue weighted by atomic mass is 10.1. The maximum atomic E-state index is 8.76. The fourth-order valence-corrected chi connectivity index (χ4v) is 1.60. The van der Waals surface area contributed by atoms with Crippen molar-refractivity contribution in [1.29, 1.82) is 0 Å². The summed E-state index contributed by atoms with van der Waals surface area (Å²) in [7, 11) is 2.06. The van der Waals surface area contributed by atoms with Crippen molar-refractivity contribution in [3.8, 4) is 0 Å². The first-order valence-corrected chi connectivity index (χ1v) is 3.82. The van der Waals surface area contributed by atoms with Gasteiger partial charge in [-0.2, -0.15) is 0 Å². The van der Waals surface area contributed by atoms with Gasteiger partial charge < -0.3 is 15.7 Å². The van der Waals surface area contributed by atoms with Crippen LogP contribution in [0.5, 0.6) is 0 Å². The van der Waals surface area contributed by atoms with Crippen molar-refractivity contribution in [3.63, 3.8) is 0 Å². The molecule has 1 aliphatic heterocycles. The quantitative estimate of drug-likeness (QED) is 0.544. The van der Waals surface area contributed by atoms with Gasteiger partial charge in [-0.3, -0.25) is 0 Å². The highest BCUT2D eigenvalue weighted by atomic mass is 16.3. The lowest BCUT2D eigenvalue weighted by Gasteiger charge is -2.23. The van der Waals surface area contributed by atoms with E-state index in [4.69, 9.17) is 10.8 Å². The molecule has 10 heavy (non-hydrogen) atoms. The molecule has 1 aliphatic rings. The number of nitrogens with two attached hydrogens (primary N) is 1. The first-order valence-electron chi connectivity index (χ1n) is 3.82. The van der Waals surface area contributed by atoms with Crippen molar-refractivity contribution in [1.82, 2.24) is 4.90 Å². The summed E-state index contributed by atoms with van der Waals surface area (Å²) in [5.41, 5.74) is 5.68. The number of likely N-dealkylation sites (N-methyl/N-ethyl adjacent to an activating group) is 1. The van der Waals surface area contributed by atoms with E-state index in [2.05, 4.69) is 11.9 Å². The molecule has 0 radical (unpaired) electrons. The van der Waals surface area contributed by atoms with Gasteiger partial charge in [0.2, 0.25) is 0 Å². The van der Waals surface area contributed by atoms with E-state index in [1.54, 1.807) is 0 Å². The zero-order chi connectivity index (χ0) is 7.56. The maximum Gasteiger partial charge on any atom is 0.0597 e. The summed E-state index contributed by atoms with van der Waals surface area (Å²) in [5, 5.41) is 8.76. The van der Waals surface area contributed by atoms with E-state index in [0.717, 1.165) is 13.0 Å². The van der Waals surface area contributed by atoms with Gasteiger partial charge in [0.05, 0.1) is 6.61 Å². The van der Waals surface area contributed by atoms with Crippen LogP contribution in [0.2, 0.25) is 0 Å². The summed E-state index contributed by atoms with van der Waals surface area (Å²) < 4.78 is 0. The summed E-state index contributed by atoms with van der Waals surface area (Å²) in [5.74, 6) is 0. The minimum atomic E-state index is -0.0486. The van der Waals surface area contributed by atoms with Gasteiger partial charge in [0, 0.05) is 12.1 Å². The molecular weight excluding hydrogens is 128 g/mol. The van der Waals surface area contributed by atoms with E-state index < -0.39 is 0 Å². The molecule has 0 bridgehead atoms. The molecule has 3 heteroatoms. The van der Waals surface area contributed by atoms with Crippen LogP contribution in [0.1, 0.15) is 12.8 Å². The van der Waals surface area contributed by atoms with Crippen molar-refractivity contribution in [2.24, 2.45) is 5.73 Å². The molecule has 0 aliphatic carbocycles. The van der Waals surface area contributed by atoms with Crippen LogP contribution >= 0.6 is 0 Å². The monoisotopic (exact) mass is 144 g/mol. The Labute approximate surface area is 61.8 Å². The summed E-state index contributed by atoms with van der Waals surface area (Å²) in [4.78, 5) is 2.22. The maximum absolute atomic E-state index is 8.76. The smallest absolute Gasteiger partial charge is 0.0597 e. The fraction of sp³-hybridized carbons (Fsp3) is 1.00. The van der Waals surface area contributed by atoms with Gasteiger partial charge in [-0.25, -0.2) is 0 Å². The van der Waals surface area contributed by atoms with Gasteiger partial charge in [-0.05, 0) is 26.4 Å². The minimum absolute atomic E-state index is 0.0486. The molecule has 1 rings (SSSR count). The zero-order valence-corrected chi connectivity index (χ0v) is 6.45. The first-order chi connectivity index (χ1) is 4.75. The Hall–Kier alpha value is -0.120. The number of hydrogen-bond donors (Lipinski definition) is 2. The van der Waals surface area contributed by atoms with Gasteiger partial charge in [0.25, 0.3) is 0 Å². The average molecular weight is 144 g/mol. The van der Waals surface area contributed by atoms with Crippen LogP contribution in [0.3, 0.4) is 0 Å². The van der Waals surface area contributed by atoms with Crippen molar-refractivity contribution < 1.29 is 5.11 Å². The Morgan fingerprint density at radius 3 is 2.90 bits per heavy atom. The normalized spacial score (nSPS) is 30.9. The van der Waals surface area contributed by atoms with E-state index in [0.29, 0.717) is 6.04 Å². The highest BCUT2D eigenvalue weighted by molar-refractivity contribution is 4.84. The Kier molecular flexibility index (Phi) is 2.65. The minimum Gasteiger partial charge on any atom is -0.395 e. The number of rotatable bonds is 2. The predicted octanol–water partition coefficient (Wildman–Crippen LogP) is -0.600. The molecule has 3 nitrogen and oxygen atoms in total. The second-order valence-corrected chi connectivity index (χ2v) is 3.04. The molecule has 0 saturated carbocycles. The molecule has 1 saturated heterocycles. The molecule has 3 N–H and O–H groups in total. The largest absolute Gasteiger partial charge is 0.395 e. The third-order valence-electron chi connectivity index (χ3n) is 2.28. The molecule has 1 heterocycles. The summed E-state index contributed by atoms with van der Waals surface area (Å²) in [6, 6.07) is 0.359. The molecule has 0 amide bonds. The van der Waals surface area contributed by atoms with E-state index in [-0.39, 0.29) is 12.6 Å². The van der Waals surface area contributed by atoms with Gasteiger partial charge in [0.15, 0.2) is 0 Å². The van der Waals surface area contributed by atoms with Crippen LogP contribution in [-0.4, -0.2) is 42.3 Å². The third-order valence-corrected chi connectivity index (χ3v) is 2.28. The van der Waals surface area contributed by atoms with Gasteiger partial charge in [0.1, 0.15) is 0 Å². The van der Waals surface area contributed by atoms with Crippen LogP contribution in [0.25, 0.3) is 0 Å². The highest BCUT2D eigenvalue weighted by Gasteiger charge is 2.25. The standard InChI is InChI=1S/C7H16N2O/c1-9-4-2-3-7(9)6(8)5-10/h6-7,10H,2-5,8H2,1H3/t6-,7+/m1/s1. The molecule has 0 spiro atoms. The average Bonchev–Trinajstić information content (AvgIpc) is 2.34. The summed E-state index contributed by atoms with van der Waals surface area (Å²) >= 11 is 0. The van der Waals surface area contributed by atoms with Crippen molar-refractivity contribution in [2.45, 2.75) is 24.9 Å². The van der Waals surface area contributed by atoms with Crippen LogP contribution in [0.15, 0.2) is 0 Å². The van der Waals surface area contributed by atoms with Crippen molar-refractivity contribution in [3.05, 3.63) is 0 Å². The van der Waals surface area contributed by atoms with Crippen molar-refractivity contribution in [2.75, 3.05) is 20.2 Å². The Morgan fingerprint density at radius 1 is 1.80 bits per heavy atom. The summed E-state index contributed by atoms with van der Waals surface area (Å²) in [6.45, 7) is 1.23. The van der Waals surface area contributed by atoms with E-state index in [1.165, 1.54) is 6.42 Å². The third kappa shape index (κ3) is 1.48. The van der Waals surface area contributed by atoms with E-state index >= 15 is 0 Å². The van der Waals surface area contributed by atoms with E-state index in [9.17, 15) is 0 Å². The molecule has 0 unspecified atom stereocenters. The van der Waals surface area contributed by atoms with Crippen LogP contribution < -0.4 is 5.73 Å². The topological polar surface area (TPSA) is 49.5 Å². The van der Waals surface area contributed by atoms with Gasteiger partial charge in [-0.15, -0.1) is 0 Å². The van der Waals surface area contributed by atoms with Crippen LogP contribution in [0, 0.1) is 0 Å². The Balaban J connectivity index is 2.38. The van der Waals surface area contributed by atoms with Crippen LogP contribution in [0.4, 0.5) is 0 Å². The molecule has 1 fully saturated rings. The first kappa shape index (κ1) is 7.98. The second-order valence-electron chi connectivity index (χ2n) is 3.04. The van der Waals surface area contributed by atoms with Gasteiger partial charge in [-0.1, -0.05) is 0 Å². The van der Waals surface area contributed by atoms with Crippen molar-refractivity contribution >= 4 is 0 Å².